The topological polar surface area (TPSA) is 83.1 Å². The number of fused-ring (bicyclic) bond motifs is 1. The van der Waals surface area contributed by atoms with Gasteiger partial charge < -0.3 is 15.2 Å². The molecule has 0 bridgehead atoms. The number of phenols is 1. The number of aromatic nitrogens is 3. The summed E-state index contributed by atoms with van der Waals surface area (Å²) in [7, 11) is 0. The van der Waals surface area contributed by atoms with Crippen LogP contribution in [0, 0.1) is 5.92 Å². The average Bonchev–Trinajstić information content (AvgIpc) is 2.94. The van der Waals surface area contributed by atoms with E-state index < -0.39 is 0 Å². The molecule has 1 aliphatic heterocycles. The molecule has 0 spiro atoms. The lowest BCUT2D eigenvalue weighted by Crippen LogP contribution is -2.45. The molecule has 6 nitrogen and oxygen atoms in total. The Labute approximate surface area is 127 Å². The van der Waals surface area contributed by atoms with E-state index in [9.17, 15) is 5.11 Å². The van der Waals surface area contributed by atoms with E-state index in [2.05, 4.69) is 20.5 Å². The van der Waals surface area contributed by atoms with Gasteiger partial charge in [0.15, 0.2) is 5.65 Å². The number of ether oxygens (including phenoxy) is 1. The number of H-pyrrole nitrogens is 1. The van der Waals surface area contributed by atoms with Crippen LogP contribution in [0.5, 0.6) is 11.5 Å². The third-order valence-electron chi connectivity index (χ3n) is 3.89. The first-order valence-electron chi connectivity index (χ1n) is 7.26. The molecule has 3 aromatic rings. The van der Waals surface area contributed by atoms with Crippen molar-refractivity contribution >= 4 is 11.0 Å². The lowest BCUT2D eigenvalue weighted by molar-refractivity contribution is 0.201. The summed E-state index contributed by atoms with van der Waals surface area (Å²) in [6.45, 7) is 2.70. The highest BCUT2D eigenvalue weighted by atomic mass is 16.5. The minimum absolute atomic E-state index is 0.236. The Morgan fingerprint density at radius 1 is 1.23 bits per heavy atom. The molecule has 22 heavy (non-hydrogen) atoms. The maximum Gasteiger partial charge on any atom is 0.159 e. The predicted octanol–water partition coefficient (Wildman–Crippen LogP) is 1.93. The van der Waals surface area contributed by atoms with Gasteiger partial charge >= 0.3 is 0 Å². The average molecular weight is 296 g/mol. The number of nitrogens with one attached hydrogen (secondary N) is 2. The highest BCUT2D eigenvalue weighted by molar-refractivity contribution is 5.84. The molecule has 1 aromatic carbocycles. The maximum absolute atomic E-state index is 9.41. The van der Waals surface area contributed by atoms with Crippen molar-refractivity contribution in [3.05, 3.63) is 36.5 Å². The number of hydrogen-bond donors (Lipinski definition) is 3. The van der Waals surface area contributed by atoms with E-state index in [1.54, 1.807) is 18.3 Å². The molecule has 0 aliphatic carbocycles. The SMILES string of the molecule is Oc1ccc(-c2cc(OCC3CNC3)c3cn[nH]c3n2)cc1. The Hall–Kier alpha value is -2.60. The minimum atomic E-state index is 0.236. The van der Waals surface area contributed by atoms with Crippen LogP contribution in [0.2, 0.25) is 0 Å². The highest BCUT2D eigenvalue weighted by Gasteiger charge is 2.18. The van der Waals surface area contributed by atoms with Gasteiger partial charge in [-0.15, -0.1) is 0 Å². The maximum atomic E-state index is 9.41. The number of hydrogen-bond acceptors (Lipinski definition) is 5. The second-order valence-electron chi connectivity index (χ2n) is 5.52. The van der Waals surface area contributed by atoms with Gasteiger partial charge in [-0.05, 0) is 24.3 Å². The van der Waals surface area contributed by atoms with Crippen molar-refractivity contribution in [1.29, 1.82) is 0 Å². The van der Waals surface area contributed by atoms with Gasteiger partial charge in [0.1, 0.15) is 11.5 Å². The van der Waals surface area contributed by atoms with Crippen LogP contribution in [0.4, 0.5) is 0 Å². The molecule has 0 saturated carbocycles. The Bertz CT molecular complexity index is 794. The summed E-state index contributed by atoms with van der Waals surface area (Å²) >= 11 is 0. The van der Waals surface area contributed by atoms with E-state index >= 15 is 0 Å². The van der Waals surface area contributed by atoms with Gasteiger partial charge in [-0.2, -0.15) is 5.10 Å². The molecule has 1 aliphatic rings. The summed E-state index contributed by atoms with van der Waals surface area (Å²) < 4.78 is 5.98. The van der Waals surface area contributed by atoms with Gasteiger partial charge in [-0.3, -0.25) is 5.10 Å². The minimum Gasteiger partial charge on any atom is -0.508 e. The third kappa shape index (κ3) is 2.37. The summed E-state index contributed by atoms with van der Waals surface area (Å²) in [6, 6.07) is 8.89. The molecule has 6 heteroatoms. The van der Waals surface area contributed by atoms with Crippen LogP contribution >= 0.6 is 0 Å². The summed E-state index contributed by atoms with van der Waals surface area (Å²) in [5.41, 5.74) is 2.41. The lowest BCUT2D eigenvalue weighted by atomic mass is 10.1. The zero-order valence-corrected chi connectivity index (χ0v) is 11.9. The number of pyridine rings is 1. The molecule has 0 atom stereocenters. The van der Waals surface area contributed by atoms with Gasteiger partial charge in [0, 0.05) is 30.6 Å². The standard InChI is InChI=1S/C16H16N4O2/c21-12-3-1-11(2-4-12)14-5-15(22-9-10-6-17-7-10)13-8-18-20-16(13)19-14/h1-5,8,10,17,21H,6-7,9H2,(H,18,19,20). The van der Waals surface area contributed by atoms with Gasteiger partial charge in [-0.1, -0.05) is 0 Å². The van der Waals surface area contributed by atoms with Crippen LogP contribution in [0.15, 0.2) is 36.5 Å². The van der Waals surface area contributed by atoms with E-state index in [1.165, 1.54) is 0 Å². The fraction of sp³-hybridized carbons (Fsp3) is 0.250. The van der Waals surface area contributed by atoms with E-state index in [4.69, 9.17) is 4.74 Å². The molecule has 0 radical (unpaired) electrons. The van der Waals surface area contributed by atoms with Gasteiger partial charge in [0.25, 0.3) is 0 Å². The van der Waals surface area contributed by atoms with E-state index in [0.29, 0.717) is 18.2 Å². The Kier molecular flexibility index (Phi) is 3.16. The first-order chi connectivity index (χ1) is 10.8. The number of nitrogens with zero attached hydrogens (tertiary/aromatic N) is 2. The second kappa shape index (κ2) is 5.31. The molecule has 2 aromatic heterocycles. The predicted molar refractivity (Wildman–Crippen MR) is 82.8 cm³/mol. The first-order valence-corrected chi connectivity index (χ1v) is 7.26. The zero-order valence-electron chi connectivity index (χ0n) is 11.9. The van der Waals surface area contributed by atoms with Crippen molar-refractivity contribution in [2.24, 2.45) is 5.92 Å². The molecule has 0 unspecified atom stereocenters. The van der Waals surface area contributed by atoms with Crippen LogP contribution in [0.1, 0.15) is 0 Å². The Morgan fingerprint density at radius 2 is 2.05 bits per heavy atom. The monoisotopic (exact) mass is 296 g/mol. The number of aromatic hydroxyl groups is 1. The Morgan fingerprint density at radius 3 is 2.77 bits per heavy atom. The van der Waals surface area contributed by atoms with Crippen molar-refractivity contribution in [1.82, 2.24) is 20.5 Å². The van der Waals surface area contributed by atoms with Crippen molar-refractivity contribution in [3.8, 4) is 22.8 Å². The summed E-state index contributed by atoms with van der Waals surface area (Å²) in [4.78, 5) is 4.57. The molecule has 3 N–H and O–H groups in total. The van der Waals surface area contributed by atoms with Crippen molar-refractivity contribution in [3.63, 3.8) is 0 Å². The molecule has 3 heterocycles. The molecule has 0 amide bonds. The number of rotatable bonds is 4. The molecule has 1 saturated heterocycles. The van der Waals surface area contributed by atoms with E-state index in [1.807, 2.05) is 18.2 Å². The van der Waals surface area contributed by atoms with Gasteiger partial charge in [-0.25, -0.2) is 4.98 Å². The smallest absolute Gasteiger partial charge is 0.159 e. The second-order valence-corrected chi connectivity index (χ2v) is 5.52. The van der Waals surface area contributed by atoms with Crippen molar-refractivity contribution in [2.45, 2.75) is 0 Å². The molecule has 112 valence electrons. The number of benzene rings is 1. The van der Waals surface area contributed by atoms with Crippen LogP contribution in [-0.2, 0) is 0 Å². The lowest BCUT2D eigenvalue weighted by Gasteiger charge is -2.26. The van der Waals surface area contributed by atoms with Crippen LogP contribution in [0.25, 0.3) is 22.3 Å². The van der Waals surface area contributed by atoms with Gasteiger partial charge in [0.2, 0.25) is 0 Å². The quantitative estimate of drug-likeness (QED) is 0.685. The number of phenolic OH excluding ortho intramolecular Hbond substituents is 1. The summed E-state index contributed by atoms with van der Waals surface area (Å²) in [5.74, 6) is 1.58. The van der Waals surface area contributed by atoms with E-state index in [0.717, 1.165) is 35.5 Å². The largest absolute Gasteiger partial charge is 0.508 e. The normalized spacial score (nSPS) is 14.9. The zero-order chi connectivity index (χ0) is 14.9. The fourth-order valence-electron chi connectivity index (χ4n) is 2.47. The van der Waals surface area contributed by atoms with E-state index in [-0.39, 0.29) is 5.75 Å². The van der Waals surface area contributed by atoms with Crippen LogP contribution in [0.3, 0.4) is 0 Å². The molecular weight excluding hydrogens is 280 g/mol. The van der Waals surface area contributed by atoms with Crippen LogP contribution in [-0.4, -0.2) is 40.0 Å². The van der Waals surface area contributed by atoms with Crippen molar-refractivity contribution < 1.29 is 9.84 Å². The number of aromatic amines is 1. The first kappa shape index (κ1) is 13.1. The van der Waals surface area contributed by atoms with Crippen LogP contribution < -0.4 is 10.1 Å². The highest BCUT2D eigenvalue weighted by Crippen LogP contribution is 2.30. The van der Waals surface area contributed by atoms with Crippen molar-refractivity contribution in [2.75, 3.05) is 19.7 Å². The summed E-state index contributed by atoms with van der Waals surface area (Å²) in [5, 5.41) is 20.5. The van der Waals surface area contributed by atoms with Gasteiger partial charge in [0.05, 0.1) is 23.9 Å². The molecule has 1 fully saturated rings. The molecule has 4 rings (SSSR count). The summed E-state index contributed by atoms with van der Waals surface area (Å²) in [6.07, 6.45) is 1.73. The Balaban J connectivity index is 1.70. The molecular formula is C16H16N4O2. The fourth-order valence-corrected chi connectivity index (χ4v) is 2.47. The third-order valence-corrected chi connectivity index (χ3v) is 3.89.